The molecule has 2 unspecified atom stereocenters. The van der Waals surface area contributed by atoms with Crippen molar-refractivity contribution in [3.8, 4) is 0 Å². The highest BCUT2D eigenvalue weighted by Crippen LogP contribution is 2.31. The lowest BCUT2D eigenvalue weighted by molar-refractivity contribution is 0.504. The quantitative estimate of drug-likeness (QED) is 0.803. The van der Waals surface area contributed by atoms with Crippen LogP contribution in [0.25, 0.3) is 0 Å². The van der Waals surface area contributed by atoms with Crippen molar-refractivity contribution in [3.63, 3.8) is 0 Å². The van der Waals surface area contributed by atoms with Gasteiger partial charge in [-0.05, 0) is 60.3 Å². The molecule has 2 rings (SSSR count). The SMILES string of the molecule is Cc1ccc(C(C)NC(C)c2sccc2Br)s1. The molecule has 0 aliphatic heterocycles. The molecule has 2 atom stereocenters. The maximum absolute atomic E-state index is 3.64. The highest BCUT2D eigenvalue weighted by Gasteiger charge is 2.15. The Kier molecular flexibility index (Phi) is 4.42. The molecule has 0 amide bonds. The maximum atomic E-state index is 3.64. The van der Waals surface area contributed by atoms with Crippen LogP contribution in [0.15, 0.2) is 28.1 Å². The van der Waals surface area contributed by atoms with E-state index in [4.69, 9.17) is 0 Å². The first-order chi connectivity index (χ1) is 8.08. The fourth-order valence-corrected chi connectivity index (χ4v) is 4.46. The van der Waals surface area contributed by atoms with E-state index >= 15 is 0 Å². The summed E-state index contributed by atoms with van der Waals surface area (Å²) in [5.74, 6) is 0. The monoisotopic (exact) mass is 329 g/mol. The Morgan fingerprint density at radius 2 is 1.94 bits per heavy atom. The number of aryl methyl sites for hydroxylation is 1. The van der Waals surface area contributed by atoms with E-state index in [-0.39, 0.29) is 0 Å². The van der Waals surface area contributed by atoms with Gasteiger partial charge >= 0.3 is 0 Å². The minimum absolute atomic E-state index is 0.377. The summed E-state index contributed by atoms with van der Waals surface area (Å²) in [5.41, 5.74) is 0. The third-order valence-corrected chi connectivity index (χ3v) is 5.96. The zero-order chi connectivity index (χ0) is 12.4. The zero-order valence-electron chi connectivity index (χ0n) is 10.2. The van der Waals surface area contributed by atoms with Crippen LogP contribution >= 0.6 is 38.6 Å². The maximum Gasteiger partial charge on any atom is 0.0402 e. The molecular formula is C13H16BrNS2. The average Bonchev–Trinajstić information content (AvgIpc) is 2.86. The molecule has 0 saturated heterocycles. The molecule has 1 N–H and O–H groups in total. The summed E-state index contributed by atoms with van der Waals surface area (Å²) in [4.78, 5) is 4.14. The Morgan fingerprint density at radius 3 is 2.47 bits per heavy atom. The van der Waals surface area contributed by atoms with Gasteiger partial charge in [0, 0.05) is 31.2 Å². The average molecular weight is 330 g/mol. The molecule has 2 aromatic heterocycles. The Hall–Kier alpha value is -0.160. The van der Waals surface area contributed by atoms with Gasteiger partial charge in [0.25, 0.3) is 0 Å². The van der Waals surface area contributed by atoms with Crippen LogP contribution in [-0.4, -0.2) is 0 Å². The number of rotatable bonds is 4. The van der Waals surface area contributed by atoms with E-state index in [1.54, 1.807) is 11.3 Å². The van der Waals surface area contributed by atoms with E-state index < -0.39 is 0 Å². The number of nitrogens with one attached hydrogen (secondary N) is 1. The van der Waals surface area contributed by atoms with Crippen LogP contribution in [0.4, 0.5) is 0 Å². The summed E-state index contributed by atoms with van der Waals surface area (Å²) >= 11 is 7.25. The second kappa shape index (κ2) is 5.65. The van der Waals surface area contributed by atoms with Gasteiger partial charge in [-0.15, -0.1) is 22.7 Å². The van der Waals surface area contributed by atoms with E-state index in [9.17, 15) is 0 Å². The second-order valence-corrected chi connectivity index (χ2v) is 7.31. The number of hydrogen-bond donors (Lipinski definition) is 1. The minimum atomic E-state index is 0.377. The molecule has 2 heterocycles. The summed E-state index contributed by atoms with van der Waals surface area (Å²) in [6.07, 6.45) is 0. The van der Waals surface area contributed by atoms with E-state index in [1.807, 2.05) is 11.3 Å². The van der Waals surface area contributed by atoms with Crippen LogP contribution in [0.3, 0.4) is 0 Å². The molecular weight excluding hydrogens is 314 g/mol. The van der Waals surface area contributed by atoms with Gasteiger partial charge in [0.15, 0.2) is 0 Å². The smallest absolute Gasteiger partial charge is 0.0402 e. The van der Waals surface area contributed by atoms with Gasteiger partial charge in [0.05, 0.1) is 0 Å². The summed E-state index contributed by atoms with van der Waals surface area (Å²) in [7, 11) is 0. The summed E-state index contributed by atoms with van der Waals surface area (Å²) in [6.45, 7) is 6.59. The van der Waals surface area contributed by atoms with Gasteiger partial charge in [-0.1, -0.05) is 0 Å². The number of hydrogen-bond acceptors (Lipinski definition) is 3. The third-order valence-electron chi connectivity index (χ3n) is 2.73. The van der Waals surface area contributed by atoms with E-state index in [1.165, 1.54) is 19.1 Å². The molecule has 4 heteroatoms. The van der Waals surface area contributed by atoms with Crippen LogP contribution in [0.5, 0.6) is 0 Å². The molecule has 0 aliphatic carbocycles. The van der Waals surface area contributed by atoms with Crippen LogP contribution in [0.1, 0.15) is 40.6 Å². The van der Waals surface area contributed by atoms with Gasteiger partial charge in [0.2, 0.25) is 0 Å². The first-order valence-electron chi connectivity index (χ1n) is 5.63. The molecule has 0 spiro atoms. The number of thiophene rings is 2. The van der Waals surface area contributed by atoms with Crippen molar-refractivity contribution < 1.29 is 0 Å². The topological polar surface area (TPSA) is 12.0 Å². The van der Waals surface area contributed by atoms with Crippen molar-refractivity contribution in [2.75, 3.05) is 0 Å². The van der Waals surface area contributed by atoms with Crippen molar-refractivity contribution in [3.05, 3.63) is 42.7 Å². The van der Waals surface area contributed by atoms with Crippen LogP contribution in [0, 0.1) is 6.92 Å². The third kappa shape index (κ3) is 3.19. The molecule has 0 fully saturated rings. The number of halogens is 1. The van der Waals surface area contributed by atoms with E-state index in [0.29, 0.717) is 12.1 Å². The lowest BCUT2D eigenvalue weighted by atomic mass is 10.2. The lowest BCUT2D eigenvalue weighted by Crippen LogP contribution is -2.21. The lowest BCUT2D eigenvalue weighted by Gasteiger charge is -2.18. The van der Waals surface area contributed by atoms with Crippen molar-refractivity contribution in [2.24, 2.45) is 0 Å². The van der Waals surface area contributed by atoms with E-state index in [2.05, 4.69) is 65.6 Å². The van der Waals surface area contributed by atoms with Gasteiger partial charge in [-0.3, -0.25) is 0 Å². The van der Waals surface area contributed by atoms with Crippen LogP contribution in [0.2, 0.25) is 0 Å². The highest BCUT2D eigenvalue weighted by molar-refractivity contribution is 9.10. The van der Waals surface area contributed by atoms with Crippen molar-refractivity contribution in [1.82, 2.24) is 5.32 Å². The van der Waals surface area contributed by atoms with Crippen LogP contribution < -0.4 is 5.32 Å². The molecule has 0 aromatic carbocycles. The molecule has 92 valence electrons. The van der Waals surface area contributed by atoms with Crippen molar-refractivity contribution >= 4 is 38.6 Å². The van der Waals surface area contributed by atoms with Crippen molar-refractivity contribution in [1.29, 1.82) is 0 Å². The predicted molar refractivity (Wildman–Crippen MR) is 81.0 cm³/mol. The molecule has 0 aliphatic rings. The van der Waals surface area contributed by atoms with E-state index in [0.717, 1.165) is 0 Å². The molecule has 1 nitrogen and oxygen atoms in total. The largest absolute Gasteiger partial charge is 0.302 e. The molecule has 17 heavy (non-hydrogen) atoms. The fourth-order valence-electron chi connectivity index (χ4n) is 1.83. The Balaban J connectivity index is 2.04. The van der Waals surface area contributed by atoms with Crippen LogP contribution in [-0.2, 0) is 0 Å². The normalized spacial score (nSPS) is 14.8. The Labute approximate surface area is 119 Å². The standard InChI is InChI=1S/C13H16BrNS2/c1-8-4-5-12(17-8)9(2)15-10(3)13-11(14)6-7-16-13/h4-7,9-10,15H,1-3H3. The Bertz CT molecular complexity index is 489. The molecule has 0 saturated carbocycles. The predicted octanol–water partition coefficient (Wildman–Crippen LogP) is 5.29. The first kappa shape index (κ1) is 13.3. The minimum Gasteiger partial charge on any atom is -0.302 e. The zero-order valence-corrected chi connectivity index (χ0v) is 13.4. The van der Waals surface area contributed by atoms with Gasteiger partial charge in [-0.2, -0.15) is 0 Å². The second-order valence-electron chi connectivity index (χ2n) is 4.19. The first-order valence-corrected chi connectivity index (χ1v) is 8.12. The summed E-state index contributed by atoms with van der Waals surface area (Å²) in [6, 6.07) is 7.29. The van der Waals surface area contributed by atoms with Gasteiger partial charge in [-0.25, -0.2) is 0 Å². The highest BCUT2D eigenvalue weighted by atomic mass is 79.9. The Morgan fingerprint density at radius 1 is 1.18 bits per heavy atom. The molecule has 0 bridgehead atoms. The van der Waals surface area contributed by atoms with Crippen molar-refractivity contribution in [2.45, 2.75) is 32.9 Å². The fraction of sp³-hybridized carbons (Fsp3) is 0.385. The van der Waals surface area contributed by atoms with Gasteiger partial charge in [0.1, 0.15) is 0 Å². The molecule has 2 aromatic rings. The summed E-state index contributed by atoms with van der Waals surface area (Å²) < 4.78 is 1.21. The van der Waals surface area contributed by atoms with Gasteiger partial charge < -0.3 is 5.32 Å². The summed E-state index contributed by atoms with van der Waals surface area (Å²) in [5, 5.41) is 5.77. The molecule has 0 radical (unpaired) electrons.